The van der Waals surface area contributed by atoms with Crippen molar-refractivity contribution in [2.45, 2.75) is 6.92 Å². The zero-order chi connectivity index (χ0) is 19.2. The number of nitrogens with zero attached hydrogens (tertiary/aromatic N) is 4. The highest BCUT2D eigenvalue weighted by Gasteiger charge is 2.25. The van der Waals surface area contributed by atoms with Gasteiger partial charge in [-0.2, -0.15) is 0 Å². The normalized spacial score (nSPS) is 14.3. The number of aromatic nitrogens is 2. The van der Waals surface area contributed by atoms with Crippen LogP contribution in [-0.2, 0) is 4.74 Å². The van der Waals surface area contributed by atoms with E-state index in [0.717, 1.165) is 0 Å². The second kappa shape index (κ2) is 8.63. The van der Waals surface area contributed by atoms with Crippen LogP contribution >= 0.6 is 0 Å². The molecular weight excluding hydrogens is 350 g/mol. The molecular formula is C18H23N5O4. The zero-order valence-electron chi connectivity index (χ0n) is 15.5. The van der Waals surface area contributed by atoms with Crippen molar-refractivity contribution in [3.05, 3.63) is 41.6 Å². The van der Waals surface area contributed by atoms with Crippen LogP contribution in [-0.4, -0.2) is 73.1 Å². The Morgan fingerprint density at radius 1 is 1.26 bits per heavy atom. The third-order valence-corrected chi connectivity index (χ3v) is 4.25. The quantitative estimate of drug-likeness (QED) is 0.745. The van der Waals surface area contributed by atoms with Gasteiger partial charge in [-0.1, -0.05) is 0 Å². The summed E-state index contributed by atoms with van der Waals surface area (Å²) in [6.45, 7) is 4.92. The van der Waals surface area contributed by atoms with E-state index in [2.05, 4.69) is 15.3 Å². The molecule has 0 atom stereocenters. The van der Waals surface area contributed by atoms with E-state index in [1.807, 2.05) is 11.8 Å². The molecule has 27 heavy (non-hydrogen) atoms. The van der Waals surface area contributed by atoms with Crippen molar-refractivity contribution in [3.8, 4) is 0 Å². The van der Waals surface area contributed by atoms with Crippen LogP contribution in [0, 0.1) is 6.92 Å². The predicted octanol–water partition coefficient (Wildman–Crippen LogP) is 0.717. The monoisotopic (exact) mass is 373 g/mol. The summed E-state index contributed by atoms with van der Waals surface area (Å²) in [7, 11) is 1.58. The van der Waals surface area contributed by atoms with E-state index < -0.39 is 0 Å². The number of hydrogen-bond acceptors (Lipinski definition) is 7. The molecule has 2 amide bonds. The van der Waals surface area contributed by atoms with Crippen molar-refractivity contribution in [1.82, 2.24) is 20.2 Å². The van der Waals surface area contributed by atoms with E-state index in [4.69, 9.17) is 9.15 Å². The lowest BCUT2D eigenvalue weighted by Crippen LogP contribution is -2.49. The minimum atomic E-state index is -0.259. The van der Waals surface area contributed by atoms with Gasteiger partial charge in [-0.15, -0.1) is 0 Å². The minimum Gasteiger partial charge on any atom is -0.459 e. The smallest absolute Gasteiger partial charge is 0.289 e. The van der Waals surface area contributed by atoms with Crippen LogP contribution in [0.4, 0.5) is 5.95 Å². The van der Waals surface area contributed by atoms with Crippen molar-refractivity contribution in [3.63, 3.8) is 0 Å². The Balaban J connectivity index is 1.63. The molecule has 0 radical (unpaired) electrons. The van der Waals surface area contributed by atoms with Gasteiger partial charge in [0, 0.05) is 45.5 Å². The summed E-state index contributed by atoms with van der Waals surface area (Å²) >= 11 is 0. The highest BCUT2D eigenvalue weighted by Crippen LogP contribution is 2.15. The van der Waals surface area contributed by atoms with Gasteiger partial charge in [-0.25, -0.2) is 9.97 Å². The minimum absolute atomic E-state index is 0.122. The SMILES string of the molecule is COCCNC(=O)c1cc(C)nc(N2CCN(C(=O)c3ccco3)CC2)n1. The van der Waals surface area contributed by atoms with Crippen molar-refractivity contribution in [2.24, 2.45) is 0 Å². The van der Waals surface area contributed by atoms with Gasteiger partial charge in [0.25, 0.3) is 11.8 Å². The standard InChI is InChI=1S/C18H23N5O4/c1-13-12-14(16(24)19-5-11-26-2)21-18(20-13)23-8-6-22(7-9-23)17(25)15-4-3-10-27-15/h3-4,10,12H,5-9,11H2,1-2H3,(H,19,24). The van der Waals surface area contributed by atoms with E-state index in [1.54, 1.807) is 30.2 Å². The third-order valence-electron chi connectivity index (χ3n) is 4.25. The molecule has 2 aromatic rings. The van der Waals surface area contributed by atoms with Crippen LogP contribution in [0.25, 0.3) is 0 Å². The first-order chi connectivity index (χ1) is 13.1. The fourth-order valence-corrected chi connectivity index (χ4v) is 2.83. The number of nitrogens with one attached hydrogen (secondary N) is 1. The number of carbonyl (C=O) groups excluding carboxylic acids is 2. The van der Waals surface area contributed by atoms with Gasteiger partial charge in [-0.3, -0.25) is 9.59 Å². The molecule has 1 aliphatic rings. The largest absolute Gasteiger partial charge is 0.459 e. The van der Waals surface area contributed by atoms with Crippen LogP contribution < -0.4 is 10.2 Å². The van der Waals surface area contributed by atoms with E-state index >= 15 is 0 Å². The number of piperazine rings is 1. The Hall–Kier alpha value is -2.94. The van der Waals surface area contributed by atoms with Crippen molar-refractivity contribution < 1.29 is 18.7 Å². The van der Waals surface area contributed by atoms with E-state index in [1.165, 1.54) is 6.26 Å². The summed E-state index contributed by atoms with van der Waals surface area (Å²) in [5.74, 6) is 0.454. The van der Waals surface area contributed by atoms with Gasteiger partial charge in [-0.05, 0) is 25.1 Å². The van der Waals surface area contributed by atoms with Gasteiger partial charge < -0.3 is 24.3 Å². The number of amides is 2. The molecule has 0 aromatic carbocycles. The van der Waals surface area contributed by atoms with Gasteiger partial charge in [0.2, 0.25) is 5.95 Å². The summed E-state index contributed by atoms with van der Waals surface area (Å²) in [5.41, 5.74) is 1.04. The van der Waals surface area contributed by atoms with Crippen LogP contribution in [0.15, 0.2) is 28.9 Å². The fraction of sp³-hybridized carbons (Fsp3) is 0.444. The number of anilines is 1. The fourth-order valence-electron chi connectivity index (χ4n) is 2.83. The Kier molecular flexibility index (Phi) is 6.02. The first kappa shape index (κ1) is 18.8. The molecule has 0 aliphatic carbocycles. The Labute approximate surface area is 157 Å². The second-order valence-corrected chi connectivity index (χ2v) is 6.20. The average Bonchev–Trinajstić information content (AvgIpc) is 3.22. The lowest BCUT2D eigenvalue weighted by atomic mass is 10.3. The Morgan fingerprint density at radius 2 is 2.04 bits per heavy atom. The number of aryl methyl sites for hydroxylation is 1. The Bertz CT molecular complexity index is 785. The number of rotatable bonds is 6. The number of ether oxygens (including phenoxy) is 1. The predicted molar refractivity (Wildman–Crippen MR) is 97.8 cm³/mol. The molecule has 9 nitrogen and oxygen atoms in total. The Morgan fingerprint density at radius 3 is 2.70 bits per heavy atom. The summed E-state index contributed by atoms with van der Waals surface area (Å²) in [6, 6.07) is 5.01. The molecule has 2 aromatic heterocycles. The van der Waals surface area contributed by atoms with E-state index in [-0.39, 0.29) is 11.8 Å². The molecule has 0 spiro atoms. The number of furan rings is 1. The van der Waals surface area contributed by atoms with Crippen LogP contribution in [0.1, 0.15) is 26.7 Å². The maximum absolute atomic E-state index is 12.3. The summed E-state index contributed by atoms with van der Waals surface area (Å²) in [5, 5.41) is 2.76. The highest BCUT2D eigenvalue weighted by molar-refractivity contribution is 5.93. The van der Waals surface area contributed by atoms with Gasteiger partial charge in [0.1, 0.15) is 5.69 Å². The summed E-state index contributed by atoms with van der Waals surface area (Å²) < 4.78 is 10.1. The van der Waals surface area contributed by atoms with Crippen LogP contribution in [0.3, 0.4) is 0 Å². The molecule has 1 N–H and O–H groups in total. The molecule has 9 heteroatoms. The molecule has 0 unspecified atom stereocenters. The van der Waals surface area contributed by atoms with Crippen molar-refractivity contribution in [2.75, 3.05) is 51.3 Å². The molecule has 144 valence electrons. The molecule has 3 rings (SSSR count). The molecule has 1 fully saturated rings. The van der Waals surface area contributed by atoms with Crippen LogP contribution in [0.5, 0.6) is 0 Å². The highest BCUT2D eigenvalue weighted by atomic mass is 16.5. The first-order valence-corrected chi connectivity index (χ1v) is 8.79. The molecule has 0 bridgehead atoms. The van der Waals surface area contributed by atoms with E-state index in [0.29, 0.717) is 62.4 Å². The topological polar surface area (TPSA) is 101 Å². The van der Waals surface area contributed by atoms with Crippen molar-refractivity contribution in [1.29, 1.82) is 0 Å². The van der Waals surface area contributed by atoms with Crippen molar-refractivity contribution >= 4 is 17.8 Å². The number of methoxy groups -OCH3 is 1. The zero-order valence-corrected chi connectivity index (χ0v) is 15.5. The van der Waals surface area contributed by atoms with E-state index in [9.17, 15) is 9.59 Å². The molecule has 1 aliphatic heterocycles. The molecule has 1 saturated heterocycles. The van der Waals surface area contributed by atoms with Gasteiger partial charge in [0.05, 0.1) is 12.9 Å². The molecule has 3 heterocycles. The van der Waals surface area contributed by atoms with Gasteiger partial charge in [0.15, 0.2) is 5.76 Å². The maximum atomic E-state index is 12.3. The number of carbonyl (C=O) groups is 2. The first-order valence-electron chi connectivity index (χ1n) is 8.79. The van der Waals surface area contributed by atoms with Crippen LogP contribution in [0.2, 0.25) is 0 Å². The maximum Gasteiger partial charge on any atom is 0.289 e. The third kappa shape index (κ3) is 4.62. The molecule has 0 saturated carbocycles. The summed E-state index contributed by atoms with van der Waals surface area (Å²) in [6.07, 6.45) is 1.49. The van der Waals surface area contributed by atoms with Gasteiger partial charge >= 0.3 is 0 Å². The number of hydrogen-bond donors (Lipinski definition) is 1. The lowest BCUT2D eigenvalue weighted by Gasteiger charge is -2.34. The second-order valence-electron chi connectivity index (χ2n) is 6.20. The average molecular weight is 373 g/mol. The summed E-state index contributed by atoms with van der Waals surface area (Å²) in [4.78, 5) is 37.1. The lowest BCUT2D eigenvalue weighted by molar-refractivity contribution is 0.0714.